The first kappa shape index (κ1) is 13.7. The summed E-state index contributed by atoms with van der Waals surface area (Å²) in [6.45, 7) is 1.41. The Morgan fingerprint density at radius 3 is 2.65 bits per heavy atom. The Kier molecular flexibility index (Phi) is 4.39. The molecule has 0 unspecified atom stereocenters. The van der Waals surface area contributed by atoms with E-state index < -0.39 is 0 Å². The second kappa shape index (κ2) is 6.42. The molecule has 1 aromatic carbocycles. The van der Waals surface area contributed by atoms with E-state index in [0.29, 0.717) is 12.0 Å². The zero-order valence-corrected chi connectivity index (χ0v) is 11.1. The van der Waals surface area contributed by atoms with Gasteiger partial charge in [-0.1, -0.05) is 24.3 Å². The Labute approximate surface area is 117 Å². The van der Waals surface area contributed by atoms with Crippen LogP contribution in [-0.4, -0.2) is 16.8 Å². The number of hydrogen-bond acceptors (Lipinski definition) is 4. The van der Waals surface area contributed by atoms with Gasteiger partial charge in [-0.2, -0.15) is 0 Å². The highest BCUT2D eigenvalue weighted by molar-refractivity contribution is 5.94. The Morgan fingerprint density at radius 1 is 1.20 bits per heavy atom. The quantitative estimate of drug-likeness (QED) is 0.722. The van der Waals surface area contributed by atoms with Crippen LogP contribution in [0.5, 0.6) is 0 Å². The minimum atomic E-state index is -0.242. The first-order valence-corrected chi connectivity index (χ1v) is 6.19. The van der Waals surface area contributed by atoms with Crippen molar-refractivity contribution in [2.75, 3.05) is 5.43 Å². The predicted octanol–water partition coefficient (Wildman–Crippen LogP) is 1.28. The first-order valence-electron chi connectivity index (χ1n) is 6.19. The van der Waals surface area contributed by atoms with Crippen LogP contribution in [0.4, 0.5) is 5.69 Å². The summed E-state index contributed by atoms with van der Waals surface area (Å²) in [5.41, 5.74) is 9.35. The van der Waals surface area contributed by atoms with Crippen molar-refractivity contribution >= 4 is 17.5 Å². The molecule has 6 nitrogen and oxygen atoms in total. The molecule has 0 atom stereocenters. The Bertz CT molecular complexity index is 552. The first-order chi connectivity index (χ1) is 9.65. The van der Waals surface area contributed by atoms with Crippen LogP contribution < -0.4 is 16.3 Å². The highest BCUT2D eigenvalue weighted by atomic mass is 16.2. The molecule has 0 bridgehead atoms. The number of benzene rings is 1. The molecule has 6 heteroatoms. The van der Waals surface area contributed by atoms with Crippen molar-refractivity contribution in [3.63, 3.8) is 0 Å². The van der Waals surface area contributed by atoms with Crippen LogP contribution in [0.15, 0.2) is 54.4 Å². The number of hydrogen-bond donors (Lipinski definition) is 3. The summed E-state index contributed by atoms with van der Waals surface area (Å²) < 4.78 is 0. The lowest BCUT2D eigenvalue weighted by atomic mass is 10.1. The van der Waals surface area contributed by atoms with E-state index in [9.17, 15) is 9.59 Å². The Morgan fingerprint density at radius 2 is 1.95 bits per heavy atom. The summed E-state index contributed by atoms with van der Waals surface area (Å²) in [5.74, 6) is -0.441. The number of amides is 2. The van der Waals surface area contributed by atoms with Crippen LogP contribution in [-0.2, 0) is 9.59 Å². The van der Waals surface area contributed by atoms with E-state index >= 15 is 0 Å². The van der Waals surface area contributed by atoms with E-state index in [-0.39, 0.29) is 11.8 Å². The number of nitrogens with one attached hydrogen (secondary N) is 3. The molecule has 20 heavy (non-hydrogen) atoms. The lowest BCUT2D eigenvalue weighted by Crippen LogP contribution is -2.37. The number of allylic oxidation sites excluding steroid dienone is 1. The second-order valence-electron chi connectivity index (χ2n) is 4.26. The van der Waals surface area contributed by atoms with Crippen LogP contribution in [0, 0.1) is 0 Å². The number of carbonyl (C=O) groups is 2. The van der Waals surface area contributed by atoms with Crippen molar-refractivity contribution < 1.29 is 9.59 Å². The van der Waals surface area contributed by atoms with Crippen LogP contribution in [0.1, 0.15) is 13.3 Å². The highest BCUT2D eigenvalue weighted by Gasteiger charge is 2.13. The van der Waals surface area contributed by atoms with Crippen molar-refractivity contribution in [2.45, 2.75) is 13.3 Å². The van der Waals surface area contributed by atoms with Crippen LogP contribution in [0.25, 0.3) is 0 Å². The van der Waals surface area contributed by atoms with E-state index in [1.54, 1.807) is 18.5 Å². The van der Waals surface area contributed by atoms with Crippen molar-refractivity contribution in [3.05, 3.63) is 54.4 Å². The zero-order chi connectivity index (χ0) is 14.4. The van der Waals surface area contributed by atoms with Crippen molar-refractivity contribution in [1.29, 1.82) is 0 Å². The average molecular weight is 272 g/mol. The molecule has 0 spiro atoms. The maximum Gasteiger partial charge on any atom is 0.267 e. The maximum atomic E-state index is 12.0. The minimum Gasteiger partial charge on any atom is -0.298 e. The summed E-state index contributed by atoms with van der Waals surface area (Å²) in [4.78, 5) is 23.0. The SMILES string of the molecule is CC(=O)NN1C=CCC(C(=O)NNc2ccccc2)=C1. The van der Waals surface area contributed by atoms with E-state index in [0.717, 1.165) is 5.69 Å². The van der Waals surface area contributed by atoms with Gasteiger partial charge in [-0.15, -0.1) is 0 Å². The molecule has 104 valence electrons. The zero-order valence-electron chi connectivity index (χ0n) is 11.1. The fraction of sp³-hybridized carbons (Fsp3) is 0.143. The predicted molar refractivity (Wildman–Crippen MR) is 75.7 cm³/mol. The van der Waals surface area contributed by atoms with Gasteiger partial charge in [-0.05, 0) is 18.6 Å². The van der Waals surface area contributed by atoms with Crippen molar-refractivity contribution in [2.24, 2.45) is 0 Å². The molecule has 0 fully saturated rings. The lowest BCUT2D eigenvalue weighted by Gasteiger charge is -2.21. The fourth-order valence-electron chi connectivity index (χ4n) is 1.69. The molecule has 1 aromatic rings. The van der Waals surface area contributed by atoms with Gasteiger partial charge in [-0.25, -0.2) is 0 Å². The monoisotopic (exact) mass is 272 g/mol. The average Bonchev–Trinajstić information content (AvgIpc) is 2.45. The molecule has 0 radical (unpaired) electrons. The molecule has 0 saturated heterocycles. The summed E-state index contributed by atoms with van der Waals surface area (Å²) >= 11 is 0. The van der Waals surface area contributed by atoms with Crippen LogP contribution in [0.3, 0.4) is 0 Å². The normalized spacial score (nSPS) is 13.4. The standard InChI is InChI=1S/C14H16N4O2/c1-11(19)17-18-9-5-6-12(10-18)14(20)16-15-13-7-3-2-4-8-13/h2-5,7-10,15H,6H2,1H3,(H,16,20)(H,17,19). The molecule has 2 rings (SSSR count). The summed E-state index contributed by atoms with van der Waals surface area (Å²) in [7, 11) is 0. The van der Waals surface area contributed by atoms with Crippen molar-refractivity contribution in [1.82, 2.24) is 15.9 Å². The van der Waals surface area contributed by atoms with Gasteiger partial charge in [0.2, 0.25) is 5.91 Å². The second-order valence-corrected chi connectivity index (χ2v) is 4.26. The van der Waals surface area contributed by atoms with E-state index in [1.165, 1.54) is 11.9 Å². The molecule has 3 N–H and O–H groups in total. The minimum absolute atomic E-state index is 0.199. The van der Waals surface area contributed by atoms with Gasteiger partial charge in [-0.3, -0.25) is 30.9 Å². The number of rotatable bonds is 4. The molecular formula is C14H16N4O2. The van der Waals surface area contributed by atoms with Crippen LogP contribution in [0.2, 0.25) is 0 Å². The van der Waals surface area contributed by atoms with Crippen molar-refractivity contribution in [3.8, 4) is 0 Å². The summed E-state index contributed by atoms with van der Waals surface area (Å²) in [5, 5.41) is 1.46. The Hall–Kier alpha value is -2.76. The van der Waals surface area contributed by atoms with Gasteiger partial charge < -0.3 is 0 Å². The number of anilines is 1. The molecular weight excluding hydrogens is 256 g/mol. The van der Waals surface area contributed by atoms with Gasteiger partial charge in [0.05, 0.1) is 5.69 Å². The topological polar surface area (TPSA) is 73.5 Å². The van der Waals surface area contributed by atoms with Crippen LogP contribution >= 0.6 is 0 Å². The highest BCUT2D eigenvalue weighted by Crippen LogP contribution is 2.11. The molecule has 1 aliphatic heterocycles. The van der Waals surface area contributed by atoms with Gasteiger partial charge in [0.15, 0.2) is 0 Å². The fourth-order valence-corrected chi connectivity index (χ4v) is 1.69. The number of hydrazine groups is 2. The third-order valence-electron chi connectivity index (χ3n) is 2.57. The summed E-state index contributed by atoms with van der Waals surface area (Å²) in [6.07, 6.45) is 5.60. The summed E-state index contributed by atoms with van der Waals surface area (Å²) in [6, 6.07) is 9.33. The number of para-hydroxylation sites is 1. The maximum absolute atomic E-state index is 12.0. The van der Waals surface area contributed by atoms with Gasteiger partial charge in [0.25, 0.3) is 5.91 Å². The molecule has 0 aliphatic carbocycles. The van der Waals surface area contributed by atoms with Gasteiger partial charge in [0.1, 0.15) is 0 Å². The smallest absolute Gasteiger partial charge is 0.267 e. The largest absolute Gasteiger partial charge is 0.298 e. The number of carbonyl (C=O) groups excluding carboxylic acids is 2. The molecule has 1 heterocycles. The molecule has 0 saturated carbocycles. The van der Waals surface area contributed by atoms with Gasteiger partial charge in [0, 0.05) is 24.9 Å². The van der Waals surface area contributed by atoms with E-state index in [1.807, 2.05) is 30.3 Å². The van der Waals surface area contributed by atoms with E-state index in [2.05, 4.69) is 16.3 Å². The Balaban J connectivity index is 1.92. The van der Waals surface area contributed by atoms with E-state index in [4.69, 9.17) is 0 Å². The number of nitrogens with zero attached hydrogens (tertiary/aromatic N) is 1. The van der Waals surface area contributed by atoms with Gasteiger partial charge >= 0.3 is 0 Å². The molecule has 0 aromatic heterocycles. The third-order valence-corrected chi connectivity index (χ3v) is 2.57. The third kappa shape index (κ3) is 3.88. The lowest BCUT2D eigenvalue weighted by molar-refractivity contribution is -0.122. The molecule has 2 amide bonds. The molecule has 1 aliphatic rings.